The molecule has 152 valence electrons. The van der Waals surface area contributed by atoms with Gasteiger partial charge < -0.3 is 15.2 Å². The summed E-state index contributed by atoms with van der Waals surface area (Å²) in [5.41, 5.74) is 1.88. The van der Waals surface area contributed by atoms with Crippen LogP contribution in [0.4, 0.5) is 0 Å². The minimum Gasteiger partial charge on any atom is -0.454 e. The van der Waals surface area contributed by atoms with E-state index in [4.69, 9.17) is 4.74 Å². The van der Waals surface area contributed by atoms with Crippen LogP contribution in [0.2, 0.25) is 0 Å². The van der Waals surface area contributed by atoms with E-state index in [1.807, 2.05) is 44.2 Å². The van der Waals surface area contributed by atoms with Gasteiger partial charge in [0.25, 0.3) is 0 Å². The normalized spacial score (nSPS) is 22.8. The quantitative estimate of drug-likeness (QED) is 0.529. The van der Waals surface area contributed by atoms with E-state index < -0.39 is 12.1 Å². The molecule has 1 aromatic carbocycles. The lowest BCUT2D eigenvalue weighted by Crippen LogP contribution is -2.34. The standard InChI is InChI=1S/C23H31NO4/c1-15-20(23(27)28-22(15)18-11-7-4-8-12-18)19(25)13-14-24-16(2)21(26)17-9-5-3-6-10-17/h3,5-6,9-10,16,18,21-22,24,26H,4,7-8,11-14H2,1-2H3. The molecule has 0 amide bonds. The van der Waals surface area contributed by atoms with Gasteiger partial charge in [-0.05, 0) is 43.7 Å². The van der Waals surface area contributed by atoms with E-state index in [1.165, 1.54) is 19.3 Å². The first-order chi connectivity index (χ1) is 13.5. The first kappa shape index (κ1) is 20.7. The number of aliphatic hydroxyl groups is 1. The van der Waals surface area contributed by atoms with Gasteiger partial charge >= 0.3 is 5.97 Å². The highest BCUT2D eigenvalue weighted by atomic mass is 16.5. The fraction of sp³-hybridized carbons (Fsp3) is 0.565. The van der Waals surface area contributed by atoms with E-state index in [1.54, 1.807) is 0 Å². The van der Waals surface area contributed by atoms with Crippen molar-refractivity contribution in [1.29, 1.82) is 0 Å². The number of rotatable bonds is 8. The van der Waals surface area contributed by atoms with E-state index in [0.717, 1.165) is 24.0 Å². The molecule has 2 aliphatic rings. The van der Waals surface area contributed by atoms with Gasteiger partial charge in [-0.3, -0.25) is 4.79 Å². The molecule has 0 radical (unpaired) electrons. The number of nitrogens with one attached hydrogen (secondary N) is 1. The molecule has 1 saturated carbocycles. The van der Waals surface area contributed by atoms with Crippen LogP contribution in [0.1, 0.15) is 64.0 Å². The average Bonchev–Trinajstić information content (AvgIpc) is 3.02. The summed E-state index contributed by atoms with van der Waals surface area (Å²) in [6, 6.07) is 9.24. The maximum Gasteiger partial charge on any atom is 0.342 e. The van der Waals surface area contributed by atoms with Crippen molar-refractivity contribution in [3.8, 4) is 0 Å². The molecule has 0 bridgehead atoms. The van der Waals surface area contributed by atoms with E-state index in [2.05, 4.69) is 5.32 Å². The first-order valence-electron chi connectivity index (χ1n) is 10.4. The zero-order chi connectivity index (χ0) is 20.1. The van der Waals surface area contributed by atoms with Crippen molar-refractivity contribution in [2.45, 2.75) is 70.6 Å². The third-order valence-corrected chi connectivity index (χ3v) is 6.05. The van der Waals surface area contributed by atoms with E-state index in [-0.39, 0.29) is 29.9 Å². The molecule has 28 heavy (non-hydrogen) atoms. The smallest absolute Gasteiger partial charge is 0.342 e. The molecule has 3 rings (SSSR count). The zero-order valence-electron chi connectivity index (χ0n) is 16.8. The third kappa shape index (κ3) is 4.70. The molecule has 1 heterocycles. The Morgan fingerprint density at radius 1 is 1.21 bits per heavy atom. The number of aliphatic hydroxyl groups excluding tert-OH is 1. The van der Waals surface area contributed by atoms with Crippen LogP contribution >= 0.6 is 0 Å². The number of cyclic esters (lactones) is 1. The highest BCUT2D eigenvalue weighted by molar-refractivity contribution is 6.19. The fourth-order valence-corrected chi connectivity index (χ4v) is 4.38. The van der Waals surface area contributed by atoms with Crippen LogP contribution in [0.25, 0.3) is 0 Å². The maximum absolute atomic E-state index is 12.7. The summed E-state index contributed by atoms with van der Waals surface area (Å²) in [6.45, 7) is 4.16. The summed E-state index contributed by atoms with van der Waals surface area (Å²) < 4.78 is 5.58. The Morgan fingerprint density at radius 2 is 1.89 bits per heavy atom. The molecule has 1 aromatic rings. The molecular formula is C23H31NO4. The second-order valence-corrected chi connectivity index (χ2v) is 8.05. The number of hydrogen-bond donors (Lipinski definition) is 2. The maximum atomic E-state index is 12.7. The van der Waals surface area contributed by atoms with Crippen molar-refractivity contribution in [2.24, 2.45) is 5.92 Å². The summed E-state index contributed by atoms with van der Waals surface area (Å²) in [6.07, 6.45) is 5.04. The van der Waals surface area contributed by atoms with Crippen LogP contribution in [0.15, 0.2) is 41.5 Å². The van der Waals surface area contributed by atoms with Crippen molar-refractivity contribution >= 4 is 11.8 Å². The number of ether oxygens (including phenoxy) is 1. The number of carbonyl (C=O) groups is 2. The van der Waals surface area contributed by atoms with Gasteiger partial charge in [-0.1, -0.05) is 49.6 Å². The number of esters is 1. The summed E-state index contributed by atoms with van der Waals surface area (Å²) in [7, 11) is 0. The van der Waals surface area contributed by atoms with Gasteiger partial charge in [-0.2, -0.15) is 0 Å². The monoisotopic (exact) mass is 385 g/mol. The Morgan fingerprint density at radius 3 is 2.57 bits per heavy atom. The highest BCUT2D eigenvalue weighted by Gasteiger charge is 2.39. The Hall–Kier alpha value is -1.98. The fourth-order valence-electron chi connectivity index (χ4n) is 4.38. The first-order valence-corrected chi connectivity index (χ1v) is 10.4. The van der Waals surface area contributed by atoms with Crippen LogP contribution < -0.4 is 5.32 Å². The molecule has 0 saturated heterocycles. The number of Topliss-reactive ketones (excluding diaryl/α,β-unsaturated/α-hetero) is 1. The lowest BCUT2D eigenvalue weighted by atomic mass is 9.82. The molecule has 0 aromatic heterocycles. The zero-order valence-corrected chi connectivity index (χ0v) is 16.8. The number of benzene rings is 1. The van der Waals surface area contributed by atoms with Crippen molar-refractivity contribution in [3.63, 3.8) is 0 Å². The summed E-state index contributed by atoms with van der Waals surface area (Å²) >= 11 is 0. The number of ketones is 1. The van der Waals surface area contributed by atoms with Crippen LogP contribution in [0.5, 0.6) is 0 Å². The van der Waals surface area contributed by atoms with Crippen molar-refractivity contribution < 1.29 is 19.4 Å². The SMILES string of the molecule is CC1=C(C(=O)CCNC(C)C(O)c2ccccc2)C(=O)OC1C1CCCCC1. The molecule has 0 spiro atoms. The molecule has 2 N–H and O–H groups in total. The van der Waals surface area contributed by atoms with E-state index in [0.29, 0.717) is 12.5 Å². The average molecular weight is 386 g/mol. The molecular weight excluding hydrogens is 354 g/mol. The number of carbonyl (C=O) groups excluding carboxylic acids is 2. The molecule has 3 atom stereocenters. The Kier molecular flexibility index (Phi) is 7.03. The second kappa shape index (κ2) is 9.48. The predicted octanol–water partition coefficient (Wildman–Crippen LogP) is 3.48. The van der Waals surface area contributed by atoms with Crippen molar-refractivity contribution in [1.82, 2.24) is 5.32 Å². The van der Waals surface area contributed by atoms with Crippen molar-refractivity contribution in [2.75, 3.05) is 6.54 Å². The number of hydrogen-bond acceptors (Lipinski definition) is 5. The van der Waals surface area contributed by atoms with Crippen LogP contribution in [0.3, 0.4) is 0 Å². The molecule has 1 fully saturated rings. The summed E-state index contributed by atoms with van der Waals surface area (Å²) in [5.74, 6) is -0.285. The second-order valence-electron chi connectivity index (χ2n) is 8.05. The van der Waals surface area contributed by atoms with Gasteiger partial charge in [0.05, 0.1) is 6.10 Å². The van der Waals surface area contributed by atoms with Gasteiger partial charge in [0.1, 0.15) is 11.7 Å². The molecule has 5 heteroatoms. The third-order valence-electron chi connectivity index (χ3n) is 6.05. The molecule has 3 unspecified atom stereocenters. The lowest BCUT2D eigenvalue weighted by molar-refractivity contribution is -0.143. The molecule has 5 nitrogen and oxygen atoms in total. The molecule has 1 aliphatic carbocycles. The van der Waals surface area contributed by atoms with Gasteiger partial charge in [0.15, 0.2) is 5.78 Å². The van der Waals surface area contributed by atoms with Gasteiger partial charge in [0.2, 0.25) is 0 Å². The van der Waals surface area contributed by atoms with Crippen LogP contribution in [-0.4, -0.2) is 35.5 Å². The minimum absolute atomic E-state index is 0.172. The highest BCUT2D eigenvalue weighted by Crippen LogP contribution is 2.36. The Bertz CT molecular complexity index is 721. The van der Waals surface area contributed by atoms with E-state index >= 15 is 0 Å². The minimum atomic E-state index is -0.649. The predicted molar refractivity (Wildman–Crippen MR) is 108 cm³/mol. The van der Waals surface area contributed by atoms with Gasteiger partial charge in [-0.25, -0.2) is 4.79 Å². The van der Waals surface area contributed by atoms with E-state index in [9.17, 15) is 14.7 Å². The summed E-state index contributed by atoms with van der Waals surface area (Å²) in [4.78, 5) is 25.0. The van der Waals surface area contributed by atoms with Crippen LogP contribution in [0, 0.1) is 5.92 Å². The largest absolute Gasteiger partial charge is 0.454 e. The molecule has 1 aliphatic heterocycles. The Labute approximate surface area is 167 Å². The van der Waals surface area contributed by atoms with Crippen LogP contribution in [-0.2, 0) is 14.3 Å². The summed E-state index contributed by atoms with van der Waals surface area (Å²) in [5, 5.41) is 13.6. The van der Waals surface area contributed by atoms with Gasteiger partial charge in [0, 0.05) is 19.0 Å². The van der Waals surface area contributed by atoms with Crippen molar-refractivity contribution in [3.05, 3.63) is 47.0 Å². The topological polar surface area (TPSA) is 75.6 Å². The Balaban J connectivity index is 1.53. The lowest BCUT2D eigenvalue weighted by Gasteiger charge is -2.27. The van der Waals surface area contributed by atoms with Gasteiger partial charge in [-0.15, -0.1) is 0 Å².